The monoisotopic (exact) mass is 371 g/mol. The Morgan fingerprint density at radius 2 is 1.78 bits per heavy atom. The van der Waals surface area contributed by atoms with E-state index in [4.69, 9.17) is 9.84 Å². The van der Waals surface area contributed by atoms with Gasteiger partial charge < -0.3 is 20.3 Å². The van der Waals surface area contributed by atoms with E-state index in [2.05, 4.69) is 5.32 Å². The minimum absolute atomic E-state index is 0.0959. The van der Waals surface area contributed by atoms with Crippen LogP contribution in [-0.4, -0.2) is 39.1 Å². The van der Waals surface area contributed by atoms with Crippen molar-refractivity contribution in [3.05, 3.63) is 64.1 Å². The van der Waals surface area contributed by atoms with Gasteiger partial charge in [0.2, 0.25) is 0 Å². The molecule has 0 saturated carbocycles. The number of hydrogen-bond donors (Lipinski definition) is 3. The molecule has 0 radical (unpaired) electrons. The Labute approximate surface area is 157 Å². The Morgan fingerprint density at radius 1 is 1.07 bits per heavy atom. The smallest absolute Gasteiger partial charge is 0.328 e. The van der Waals surface area contributed by atoms with Gasteiger partial charge in [0.05, 0.1) is 17.6 Å². The SMILES string of the molecule is Cn1c(=O)n(C)c2cc(C(O)COc3ccc(CNCCO)cc3)ccc21. The van der Waals surface area contributed by atoms with Crippen LogP contribution in [0.3, 0.4) is 0 Å². The summed E-state index contributed by atoms with van der Waals surface area (Å²) in [5.41, 5.74) is 3.30. The number of aryl methyl sites for hydroxylation is 2. The van der Waals surface area contributed by atoms with Crippen LogP contribution in [0.4, 0.5) is 0 Å². The number of imidazole rings is 1. The maximum atomic E-state index is 12.0. The van der Waals surface area contributed by atoms with Crippen LogP contribution in [0.25, 0.3) is 11.0 Å². The Balaban J connectivity index is 1.63. The van der Waals surface area contributed by atoms with Gasteiger partial charge in [0.15, 0.2) is 0 Å². The average molecular weight is 371 g/mol. The second kappa shape index (κ2) is 8.39. The molecule has 3 aromatic rings. The zero-order valence-electron chi connectivity index (χ0n) is 15.6. The van der Waals surface area contributed by atoms with Crippen molar-refractivity contribution in [1.29, 1.82) is 0 Å². The lowest BCUT2D eigenvalue weighted by molar-refractivity contribution is 0.108. The number of aromatic nitrogens is 2. The van der Waals surface area contributed by atoms with Gasteiger partial charge in [-0.05, 0) is 35.4 Å². The van der Waals surface area contributed by atoms with E-state index in [1.54, 1.807) is 23.2 Å². The average Bonchev–Trinajstić information content (AvgIpc) is 2.91. The number of fused-ring (bicyclic) bond motifs is 1. The van der Waals surface area contributed by atoms with Crippen LogP contribution in [0.2, 0.25) is 0 Å². The molecule has 27 heavy (non-hydrogen) atoms. The number of rotatable bonds is 8. The topological polar surface area (TPSA) is 88.7 Å². The molecule has 7 nitrogen and oxygen atoms in total. The first-order chi connectivity index (χ1) is 13.0. The van der Waals surface area contributed by atoms with Gasteiger partial charge in [-0.1, -0.05) is 18.2 Å². The molecule has 0 spiro atoms. The number of nitrogens with zero attached hydrogens (tertiary/aromatic N) is 2. The van der Waals surface area contributed by atoms with Crippen LogP contribution in [-0.2, 0) is 20.6 Å². The van der Waals surface area contributed by atoms with Gasteiger partial charge in [0.25, 0.3) is 0 Å². The number of benzene rings is 2. The van der Waals surface area contributed by atoms with Crippen molar-refractivity contribution < 1.29 is 14.9 Å². The van der Waals surface area contributed by atoms with Crippen LogP contribution in [0.1, 0.15) is 17.2 Å². The Morgan fingerprint density at radius 3 is 2.48 bits per heavy atom. The van der Waals surface area contributed by atoms with Gasteiger partial charge in [-0.15, -0.1) is 0 Å². The number of nitrogens with one attached hydrogen (secondary N) is 1. The number of aliphatic hydroxyl groups is 2. The fourth-order valence-electron chi connectivity index (χ4n) is 3.02. The summed E-state index contributed by atoms with van der Waals surface area (Å²) in [5, 5.41) is 22.3. The lowest BCUT2D eigenvalue weighted by Crippen LogP contribution is -2.19. The van der Waals surface area contributed by atoms with E-state index in [0.29, 0.717) is 24.4 Å². The maximum Gasteiger partial charge on any atom is 0.328 e. The van der Waals surface area contributed by atoms with E-state index >= 15 is 0 Å². The van der Waals surface area contributed by atoms with Crippen LogP contribution < -0.4 is 15.7 Å². The summed E-state index contributed by atoms with van der Waals surface area (Å²) in [6.45, 7) is 1.47. The molecule has 3 rings (SSSR count). The third-order valence-corrected chi connectivity index (χ3v) is 4.63. The lowest BCUT2D eigenvalue weighted by Gasteiger charge is -2.13. The molecule has 0 bridgehead atoms. The van der Waals surface area contributed by atoms with E-state index in [1.165, 1.54) is 0 Å². The summed E-state index contributed by atoms with van der Waals surface area (Å²) < 4.78 is 8.84. The molecule has 144 valence electrons. The summed E-state index contributed by atoms with van der Waals surface area (Å²) in [5.74, 6) is 0.674. The molecule has 0 fully saturated rings. The molecule has 0 aliphatic rings. The highest BCUT2D eigenvalue weighted by atomic mass is 16.5. The molecule has 3 N–H and O–H groups in total. The summed E-state index contributed by atoms with van der Waals surface area (Å²) in [6, 6.07) is 13.1. The minimum Gasteiger partial charge on any atom is -0.491 e. The molecule has 0 amide bonds. The molecule has 1 heterocycles. The van der Waals surface area contributed by atoms with Gasteiger partial charge in [-0.25, -0.2) is 4.79 Å². The predicted octanol–water partition coefficient (Wildman–Crippen LogP) is 1.07. The normalized spacial score (nSPS) is 12.4. The fourth-order valence-corrected chi connectivity index (χ4v) is 3.02. The van der Waals surface area contributed by atoms with Gasteiger partial charge in [-0.3, -0.25) is 9.13 Å². The third-order valence-electron chi connectivity index (χ3n) is 4.63. The highest BCUT2D eigenvalue weighted by Gasteiger charge is 2.13. The van der Waals surface area contributed by atoms with Crippen molar-refractivity contribution in [1.82, 2.24) is 14.5 Å². The minimum atomic E-state index is -0.796. The van der Waals surface area contributed by atoms with Crippen molar-refractivity contribution >= 4 is 11.0 Å². The summed E-state index contributed by atoms with van der Waals surface area (Å²) in [7, 11) is 3.45. The van der Waals surface area contributed by atoms with Gasteiger partial charge in [-0.2, -0.15) is 0 Å². The highest BCUT2D eigenvalue weighted by molar-refractivity contribution is 5.76. The van der Waals surface area contributed by atoms with Gasteiger partial charge >= 0.3 is 5.69 Å². The number of aliphatic hydroxyl groups excluding tert-OH is 2. The van der Waals surface area contributed by atoms with Crippen LogP contribution in [0.15, 0.2) is 47.3 Å². The van der Waals surface area contributed by atoms with Crippen LogP contribution in [0.5, 0.6) is 5.75 Å². The predicted molar refractivity (Wildman–Crippen MR) is 104 cm³/mol. The molecule has 0 aliphatic heterocycles. The molecule has 2 aromatic carbocycles. The number of ether oxygens (including phenoxy) is 1. The molecule has 0 saturated heterocycles. The Bertz CT molecular complexity index is 960. The fraction of sp³-hybridized carbons (Fsp3) is 0.350. The van der Waals surface area contributed by atoms with E-state index in [0.717, 1.165) is 16.6 Å². The number of hydrogen-bond acceptors (Lipinski definition) is 5. The first-order valence-corrected chi connectivity index (χ1v) is 8.88. The lowest BCUT2D eigenvalue weighted by atomic mass is 10.1. The molecule has 7 heteroatoms. The van der Waals surface area contributed by atoms with E-state index in [9.17, 15) is 9.90 Å². The standard InChI is InChI=1S/C20H25N3O4/c1-22-17-8-5-15(11-18(17)23(2)20(22)26)19(25)13-27-16-6-3-14(4-7-16)12-21-9-10-24/h3-8,11,19,21,24-25H,9-10,12-13H2,1-2H3. The largest absolute Gasteiger partial charge is 0.491 e. The molecule has 1 atom stereocenters. The second-order valence-electron chi connectivity index (χ2n) is 6.52. The van der Waals surface area contributed by atoms with Crippen LogP contribution in [0, 0.1) is 0 Å². The van der Waals surface area contributed by atoms with Crippen molar-refractivity contribution in [3.8, 4) is 5.75 Å². The molecule has 1 unspecified atom stereocenters. The quantitative estimate of drug-likeness (QED) is 0.516. The first kappa shape index (κ1) is 19.2. The molecule has 0 aliphatic carbocycles. The van der Waals surface area contributed by atoms with Crippen molar-refractivity contribution in [2.45, 2.75) is 12.6 Å². The van der Waals surface area contributed by atoms with E-state index in [1.807, 2.05) is 42.5 Å². The Kier molecular flexibility index (Phi) is 5.95. The van der Waals surface area contributed by atoms with Gasteiger partial charge in [0.1, 0.15) is 18.5 Å². The van der Waals surface area contributed by atoms with E-state index in [-0.39, 0.29) is 18.9 Å². The van der Waals surface area contributed by atoms with Crippen molar-refractivity contribution in [2.24, 2.45) is 14.1 Å². The van der Waals surface area contributed by atoms with Gasteiger partial charge in [0, 0.05) is 27.2 Å². The van der Waals surface area contributed by atoms with E-state index < -0.39 is 6.10 Å². The Hall–Kier alpha value is -2.61. The highest BCUT2D eigenvalue weighted by Crippen LogP contribution is 2.21. The zero-order chi connectivity index (χ0) is 19.4. The molecular formula is C20H25N3O4. The zero-order valence-corrected chi connectivity index (χ0v) is 15.6. The maximum absolute atomic E-state index is 12.0. The summed E-state index contributed by atoms with van der Waals surface area (Å²) >= 11 is 0. The first-order valence-electron chi connectivity index (χ1n) is 8.88. The summed E-state index contributed by atoms with van der Waals surface area (Å²) in [4.78, 5) is 12.0. The van der Waals surface area contributed by atoms with Crippen molar-refractivity contribution in [3.63, 3.8) is 0 Å². The molecule has 1 aromatic heterocycles. The summed E-state index contributed by atoms with van der Waals surface area (Å²) in [6.07, 6.45) is -0.796. The third kappa shape index (κ3) is 4.21. The van der Waals surface area contributed by atoms with Crippen LogP contribution >= 0.6 is 0 Å². The van der Waals surface area contributed by atoms with Crippen molar-refractivity contribution in [2.75, 3.05) is 19.8 Å². The second-order valence-corrected chi connectivity index (χ2v) is 6.52. The molecular weight excluding hydrogens is 346 g/mol.